The van der Waals surface area contributed by atoms with Gasteiger partial charge in [0.2, 0.25) is 0 Å². The topological polar surface area (TPSA) is 131 Å². The fourth-order valence-electron chi connectivity index (χ4n) is 4.68. The van der Waals surface area contributed by atoms with Crippen molar-refractivity contribution in [2.24, 2.45) is 0 Å². The van der Waals surface area contributed by atoms with Gasteiger partial charge in [0.25, 0.3) is 0 Å². The molecule has 221 valence electrons. The molecule has 3 aromatic heterocycles. The number of H-pyrrole nitrogens is 1. The fraction of sp³-hybridized carbons (Fsp3) is 0.429. The van der Waals surface area contributed by atoms with Crippen molar-refractivity contribution in [3.05, 3.63) is 53.9 Å². The average Bonchev–Trinajstić information content (AvgIpc) is 3.35. The van der Waals surface area contributed by atoms with Gasteiger partial charge < -0.3 is 10.1 Å². The summed E-state index contributed by atoms with van der Waals surface area (Å²) in [4.78, 5) is 30.1. The number of alkyl halides is 3. The first kappa shape index (κ1) is 29.8. The molecular formula is C28H31AsF3N8O2. The number of nitrogens with one attached hydrogen (secondary N) is 3. The maximum absolute atomic E-state index is 13.0. The molecule has 0 aliphatic heterocycles. The number of alkyl carbamates (subject to hydrolysis) is 1. The Labute approximate surface area is 247 Å². The van der Waals surface area contributed by atoms with Crippen LogP contribution in [0.25, 0.3) is 22.4 Å². The number of benzene rings is 1. The third kappa shape index (κ3) is 7.76. The summed E-state index contributed by atoms with van der Waals surface area (Å²) in [6, 6.07) is 7.34. The Hall–Kier alpha value is -3.73. The van der Waals surface area contributed by atoms with E-state index in [0.29, 0.717) is 43.8 Å². The van der Waals surface area contributed by atoms with Crippen LogP contribution in [0.3, 0.4) is 0 Å². The molecule has 0 spiro atoms. The van der Waals surface area contributed by atoms with E-state index < -0.39 is 39.2 Å². The summed E-state index contributed by atoms with van der Waals surface area (Å²) in [6.07, 6.45) is 1.89. The zero-order chi connectivity index (χ0) is 29.9. The molecular weight excluding hydrogens is 612 g/mol. The van der Waals surface area contributed by atoms with Gasteiger partial charge >= 0.3 is 200 Å². The van der Waals surface area contributed by atoms with Crippen LogP contribution in [-0.2, 0) is 16.1 Å². The molecule has 4 aromatic rings. The molecule has 3 heterocycles. The van der Waals surface area contributed by atoms with E-state index in [9.17, 15) is 18.0 Å². The molecule has 1 saturated carbocycles. The summed E-state index contributed by atoms with van der Waals surface area (Å²) in [5.74, 6) is 0.471. The number of aromatic amines is 1. The third-order valence-corrected chi connectivity index (χ3v) is 8.79. The van der Waals surface area contributed by atoms with Crippen molar-refractivity contribution < 1.29 is 22.7 Å². The van der Waals surface area contributed by atoms with E-state index in [2.05, 4.69) is 40.8 Å². The Morgan fingerprint density at radius 1 is 1.07 bits per heavy atom. The monoisotopic (exact) mass is 643 g/mol. The van der Waals surface area contributed by atoms with Crippen molar-refractivity contribution in [2.75, 3.05) is 5.32 Å². The minimum atomic E-state index is -4.37. The molecule has 1 aliphatic rings. The van der Waals surface area contributed by atoms with Crippen molar-refractivity contribution in [1.29, 1.82) is 0 Å². The van der Waals surface area contributed by atoms with Crippen molar-refractivity contribution in [3.63, 3.8) is 0 Å². The molecule has 14 heteroatoms. The first-order chi connectivity index (χ1) is 19.9. The summed E-state index contributed by atoms with van der Waals surface area (Å²) in [6.45, 7) is 5.52. The second-order valence-electron chi connectivity index (χ2n) is 11.1. The number of fused-ring (bicyclic) bond motifs is 1. The predicted octanol–water partition coefficient (Wildman–Crippen LogP) is 4.61. The number of hydrogen-bond acceptors (Lipinski definition) is 8. The first-order valence-electron chi connectivity index (χ1n) is 13.6. The van der Waals surface area contributed by atoms with Gasteiger partial charge in [0.1, 0.15) is 5.60 Å². The molecule has 1 aliphatic carbocycles. The second kappa shape index (κ2) is 12.2. The number of anilines is 1. The molecule has 0 atom stereocenters. The number of halogens is 3. The van der Waals surface area contributed by atoms with Crippen LogP contribution in [0.5, 0.6) is 0 Å². The molecule has 3 N–H and O–H groups in total. The Kier molecular flexibility index (Phi) is 8.67. The van der Waals surface area contributed by atoms with Gasteiger partial charge in [-0.2, -0.15) is 0 Å². The van der Waals surface area contributed by atoms with Crippen LogP contribution >= 0.6 is 0 Å². The van der Waals surface area contributed by atoms with Crippen LogP contribution in [0.2, 0.25) is 0 Å². The van der Waals surface area contributed by atoms with Gasteiger partial charge in [-0.1, -0.05) is 0 Å². The summed E-state index contributed by atoms with van der Waals surface area (Å²) in [5, 5.41) is 14.8. The van der Waals surface area contributed by atoms with Crippen LogP contribution in [0.1, 0.15) is 57.6 Å². The number of ether oxygens (including phenoxy) is 1. The maximum atomic E-state index is 13.0. The van der Waals surface area contributed by atoms with Crippen molar-refractivity contribution in [2.45, 2.75) is 75.5 Å². The second-order valence-corrected chi connectivity index (χ2v) is 13.3. The molecule has 1 aromatic carbocycles. The number of rotatable bonds is 7. The Balaban J connectivity index is 1.19. The normalized spacial score (nSPS) is 18.0. The summed E-state index contributed by atoms with van der Waals surface area (Å²) in [7, 11) is 0. The Morgan fingerprint density at radius 2 is 1.83 bits per heavy atom. The van der Waals surface area contributed by atoms with E-state index in [1.54, 1.807) is 24.5 Å². The average molecular weight is 644 g/mol. The van der Waals surface area contributed by atoms with E-state index in [1.807, 2.05) is 20.8 Å². The van der Waals surface area contributed by atoms with Crippen molar-refractivity contribution in [1.82, 2.24) is 35.5 Å². The zero-order valence-electron chi connectivity index (χ0n) is 23.4. The van der Waals surface area contributed by atoms with E-state index in [1.165, 1.54) is 12.1 Å². The van der Waals surface area contributed by atoms with E-state index >= 15 is 0 Å². The SMILES string of the molecule is CC(C)(C)OC(=O)NC1CCC(Nc2ncc3c(-c4ccnc([As]Cc5cccc(C(F)(F)F)c5)n4)[nH]nc3n2)CC1. The van der Waals surface area contributed by atoms with Crippen LogP contribution in [0, 0.1) is 0 Å². The molecule has 0 saturated heterocycles. The summed E-state index contributed by atoms with van der Waals surface area (Å²) < 4.78 is 45.1. The number of aromatic nitrogens is 6. The van der Waals surface area contributed by atoms with Gasteiger partial charge in [-0.15, -0.1) is 0 Å². The number of carbonyl (C=O) groups is 1. The first-order valence-corrected chi connectivity index (χ1v) is 15.8. The molecule has 10 nitrogen and oxygen atoms in total. The van der Waals surface area contributed by atoms with Crippen molar-refractivity contribution >= 4 is 43.4 Å². The number of carbonyl (C=O) groups excluding carboxylic acids is 1. The molecule has 1 fully saturated rings. The van der Waals surface area contributed by atoms with E-state index in [0.717, 1.165) is 31.7 Å². The van der Waals surface area contributed by atoms with Crippen LogP contribution in [-0.4, -0.2) is 69.7 Å². The van der Waals surface area contributed by atoms with Crippen LogP contribution in [0.15, 0.2) is 42.7 Å². The standard InChI is InChI=1S/C28H31AsF3N8O2/c1-27(2,3)42-26(41)36-19-9-7-18(8-10-19)35-25-34-15-20-22(39-40-23(20)38-25)21-11-12-33-24(37-21)29-14-16-5-4-6-17(13-16)28(30,31)32/h4-6,11-13,15,18-19H,7-10,14H2,1-3H3,(H,36,41)(H2,34,35,38,39,40). The molecule has 0 unspecified atom stereocenters. The predicted molar refractivity (Wildman–Crippen MR) is 152 cm³/mol. The number of nitrogens with zero attached hydrogens (tertiary/aromatic N) is 5. The number of hydrogen-bond donors (Lipinski definition) is 3. The summed E-state index contributed by atoms with van der Waals surface area (Å²) >= 11 is -0.597. The van der Waals surface area contributed by atoms with Crippen molar-refractivity contribution in [3.8, 4) is 11.4 Å². The molecule has 5 rings (SSSR count). The zero-order valence-corrected chi connectivity index (χ0v) is 25.2. The van der Waals surface area contributed by atoms with Gasteiger partial charge in [0.15, 0.2) is 0 Å². The van der Waals surface area contributed by atoms with Gasteiger partial charge in [-0.05, 0) is 20.8 Å². The summed E-state index contributed by atoms with van der Waals surface area (Å²) in [5.41, 5.74) is 1.16. The van der Waals surface area contributed by atoms with E-state index in [4.69, 9.17) is 4.74 Å². The van der Waals surface area contributed by atoms with Crippen LogP contribution in [0.4, 0.5) is 23.9 Å². The molecule has 0 bridgehead atoms. The number of amides is 1. The fourth-order valence-corrected chi connectivity index (χ4v) is 6.46. The molecule has 1 radical (unpaired) electrons. The van der Waals surface area contributed by atoms with Gasteiger partial charge in [0.05, 0.1) is 0 Å². The quantitative estimate of drug-likeness (QED) is 0.249. The van der Waals surface area contributed by atoms with Crippen LogP contribution < -0.4 is 15.2 Å². The van der Waals surface area contributed by atoms with Gasteiger partial charge in [-0.25, -0.2) is 4.79 Å². The third-order valence-electron chi connectivity index (χ3n) is 6.65. The Bertz CT molecular complexity index is 1550. The Morgan fingerprint density at radius 3 is 2.57 bits per heavy atom. The minimum absolute atomic E-state index is 0.0695. The van der Waals surface area contributed by atoms with E-state index in [-0.39, 0.29) is 12.1 Å². The molecule has 42 heavy (non-hydrogen) atoms. The van der Waals surface area contributed by atoms with Gasteiger partial charge in [0, 0.05) is 6.04 Å². The van der Waals surface area contributed by atoms with Gasteiger partial charge in [-0.3, -0.25) is 0 Å². The molecule has 1 amide bonds.